The van der Waals surface area contributed by atoms with Crippen molar-refractivity contribution >= 4 is 24.3 Å². The zero-order valence-electron chi connectivity index (χ0n) is 14.1. The molecule has 1 aromatic carbocycles. The van der Waals surface area contributed by atoms with Crippen LogP contribution >= 0.6 is 12.4 Å². The van der Waals surface area contributed by atoms with Gasteiger partial charge in [0.2, 0.25) is 17.6 Å². The Hall–Kier alpha value is -2.45. The number of rotatable bonds is 6. The number of carboxylic acid groups (broad SMARTS) is 1. The van der Waals surface area contributed by atoms with E-state index in [4.69, 9.17) is 9.63 Å². The van der Waals surface area contributed by atoms with Gasteiger partial charge in [0, 0.05) is 5.56 Å². The molecule has 0 saturated carbocycles. The van der Waals surface area contributed by atoms with Crippen molar-refractivity contribution < 1.29 is 19.2 Å². The molecule has 1 aromatic heterocycles. The fourth-order valence-corrected chi connectivity index (χ4v) is 2.95. The van der Waals surface area contributed by atoms with Crippen LogP contribution in [0.25, 0.3) is 11.4 Å². The first-order chi connectivity index (χ1) is 12.1. The molecule has 0 radical (unpaired) electrons. The molecule has 8 nitrogen and oxygen atoms in total. The monoisotopic (exact) mass is 380 g/mol. The van der Waals surface area contributed by atoms with Gasteiger partial charge in [-0.05, 0) is 19.4 Å². The lowest BCUT2D eigenvalue weighted by Gasteiger charge is -2.32. The summed E-state index contributed by atoms with van der Waals surface area (Å²) in [4.78, 5) is 28.9. The van der Waals surface area contributed by atoms with E-state index in [1.807, 2.05) is 35.2 Å². The predicted molar refractivity (Wildman–Crippen MR) is 95.8 cm³/mol. The van der Waals surface area contributed by atoms with Gasteiger partial charge in [0.25, 0.3) is 0 Å². The minimum Gasteiger partial charge on any atom is -0.480 e. The van der Waals surface area contributed by atoms with E-state index in [9.17, 15) is 9.59 Å². The van der Waals surface area contributed by atoms with Crippen LogP contribution in [0.4, 0.5) is 0 Å². The molecule has 0 bridgehead atoms. The van der Waals surface area contributed by atoms with Crippen LogP contribution in [0.15, 0.2) is 34.9 Å². The maximum Gasteiger partial charge on any atom is 0.322 e. The highest BCUT2D eigenvalue weighted by Gasteiger charge is 2.30. The Kier molecular flexibility index (Phi) is 7.11. The number of carbonyl (C=O) groups excluding carboxylic acids is 1. The minimum atomic E-state index is -1.06. The van der Waals surface area contributed by atoms with Gasteiger partial charge in [-0.25, -0.2) is 0 Å². The molecule has 3 rings (SSSR count). The first-order valence-electron chi connectivity index (χ1n) is 8.25. The van der Waals surface area contributed by atoms with Crippen molar-refractivity contribution in [2.24, 2.45) is 0 Å². The van der Waals surface area contributed by atoms with E-state index in [1.165, 1.54) is 0 Å². The number of halogens is 1. The quantitative estimate of drug-likeness (QED) is 0.787. The lowest BCUT2D eigenvalue weighted by atomic mass is 10.0. The van der Waals surface area contributed by atoms with Gasteiger partial charge in [0.05, 0.1) is 12.6 Å². The normalized spacial score (nSPS) is 17.3. The van der Waals surface area contributed by atoms with Gasteiger partial charge < -0.3 is 14.9 Å². The molecule has 1 aliphatic heterocycles. The fourth-order valence-electron chi connectivity index (χ4n) is 2.95. The van der Waals surface area contributed by atoms with Crippen molar-refractivity contribution in [1.29, 1.82) is 0 Å². The van der Waals surface area contributed by atoms with Crippen LogP contribution < -0.4 is 5.32 Å². The molecule has 26 heavy (non-hydrogen) atoms. The SMILES string of the molecule is Cl.O=C(O)CNC(=O)CN1CCCCC1c1nc(-c2ccccc2)no1. The minimum absolute atomic E-state index is 0. The molecule has 1 saturated heterocycles. The van der Waals surface area contributed by atoms with Gasteiger partial charge in [0.15, 0.2) is 0 Å². The van der Waals surface area contributed by atoms with Crippen LogP contribution in [-0.4, -0.2) is 51.7 Å². The number of piperidine rings is 1. The van der Waals surface area contributed by atoms with Crippen molar-refractivity contribution in [2.45, 2.75) is 25.3 Å². The van der Waals surface area contributed by atoms with Crippen molar-refractivity contribution in [3.63, 3.8) is 0 Å². The van der Waals surface area contributed by atoms with Gasteiger partial charge in [0.1, 0.15) is 6.54 Å². The molecular formula is C17H21ClN4O4. The third kappa shape index (κ3) is 5.03. The van der Waals surface area contributed by atoms with Crippen LogP contribution in [0.5, 0.6) is 0 Å². The molecular weight excluding hydrogens is 360 g/mol. The van der Waals surface area contributed by atoms with Crippen molar-refractivity contribution in [1.82, 2.24) is 20.4 Å². The van der Waals surface area contributed by atoms with Crippen LogP contribution in [0.3, 0.4) is 0 Å². The number of nitrogens with one attached hydrogen (secondary N) is 1. The second-order valence-corrected chi connectivity index (χ2v) is 5.97. The Labute approximate surface area is 157 Å². The van der Waals surface area contributed by atoms with Gasteiger partial charge in [-0.1, -0.05) is 41.9 Å². The molecule has 1 aliphatic rings. The van der Waals surface area contributed by atoms with Crippen LogP contribution in [0.2, 0.25) is 0 Å². The summed E-state index contributed by atoms with van der Waals surface area (Å²) in [5.41, 5.74) is 0.874. The maximum atomic E-state index is 11.9. The molecule has 9 heteroatoms. The molecule has 2 N–H and O–H groups in total. The summed E-state index contributed by atoms with van der Waals surface area (Å²) in [6.07, 6.45) is 2.81. The largest absolute Gasteiger partial charge is 0.480 e. The molecule has 0 aliphatic carbocycles. The first-order valence-corrected chi connectivity index (χ1v) is 8.25. The van der Waals surface area contributed by atoms with Crippen LogP contribution in [0.1, 0.15) is 31.2 Å². The number of carboxylic acids is 1. The van der Waals surface area contributed by atoms with E-state index in [0.717, 1.165) is 31.4 Å². The number of nitrogens with zero attached hydrogens (tertiary/aromatic N) is 3. The lowest BCUT2D eigenvalue weighted by Crippen LogP contribution is -2.42. The molecule has 1 unspecified atom stereocenters. The highest BCUT2D eigenvalue weighted by atomic mass is 35.5. The molecule has 2 aromatic rings. The standard InChI is InChI=1S/C17H20N4O4.ClH/c22-14(18-10-15(23)24)11-21-9-5-4-8-13(21)17-19-16(20-25-17)12-6-2-1-3-7-12;/h1-3,6-7,13H,4-5,8-11H2,(H,18,22)(H,23,24);1H. The van der Waals surface area contributed by atoms with E-state index in [2.05, 4.69) is 15.5 Å². The Balaban J connectivity index is 0.00000243. The molecule has 1 atom stereocenters. The topological polar surface area (TPSA) is 109 Å². The number of aliphatic carboxylic acids is 1. The Morgan fingerprint density at radius 1 is 1.27 bits per heavy atom. The van der Waals surface area contributed by atoms with Gasteiger partial charge in [-0.3, -0.25) is 14.5 Å². The van der Waals surface area contributed by atoms with E-state index in [1.54, 1.807) is 0 Å². The van der Waals surface area contributed by atoms with E-state index in [-0.39, 0.29) is 37.4 Å². The van der Waals surface area contributed by atoms with Crippen LogP contribution in [0, 0.1) is 0 Å². The second kappa shape index (κ2) is 9.30. The number of hydrogen-bond acceptors (Lipinski definition) is 6. The lowest BCUT2D eigenvalue weighted by molar-refractivity contribution is -0.138. The van der Waals surface area contributed by atoms with Crippen molar-refractivity contribution in [3.8, 4) is 11.4 Å². The highest BCUT2D eigenvalue weighted by Crippen LogP contribution is 2.30. The number of aromatic nitrogens is 2. The molecule has 1 amide bonds. The summed E-state index contributed by atoms with van der Waals surface area (Å²) in [7, 11) is 0. The summed E-state index contributed by atoms with van der Waals surface area (Å²) in [5, 5.41) is 15.1. The Bertz CT molecular complexity index is 737. The fraction of sp³-hybridized carbons (Fsp3) is 0.412. The third-order valence-corrected chi connectivity index (χ3v) is 4.16. The van der Waals surface area contributed by atoms with Crippen molar-refractivity contribution in [3.05, 3.63) is 36.2 Å². The predicted octanol–water partition coefficient (Wildman–Crippen LogP) is 1.89. The average molecular weight is 381 g/mol. The number of amides is 1. The van der Waals surface area contributed by atoms with E-state index in [0.29, 0.717) is 11.7 Å². The van der Waals surface area contributed by atoms with E-state index < -0.39 is 5.97 Å². The average Bonchev–Trinajstić information content (AvgIpc) is 3.11. The highest BCUT2D eigenvalue weighted by molar-refractivity contribution is 5.85. The number of hydrogen-bond donors (Lipinski definition) is 2. The number of carbonyl (C=O) groups is 2. The second-order valence-electron chi connectivity index (χ2n) is 5.97. The summed E-state index contributed by atoms with van der Waals surface area (Å²) in [6.45, 7) is 0.464. The molecule has 0 spiro atoms. The van der Waals surface area contributed by atoms with Gasteiger partial charge in [-0.15, -0.1) is 12.4 Å². The summed E-state index contributed by atoms with van der Waals surface area (Å²) in [5.74, 6) is -0.369. The number of likely N-dealkylation sites (tertiary alicyclic amines) is 1. The Morgan fingerprint density at radius 2 is 2.04 bits per heavy atom. The van der Waals surface area contributed by atoms with Gasteiger partial charge in [-0.2, -0.15) is 4.98 Å². The maximum absolute atomic E-state index is 11.9. The molecule has 1 fully saturated rings. The zero-order valence-corrected chi connectivity index (χ0v) is 14.9. The van der Waals surface area contributed by atoms with Crippen LogP contribution in [-0.2, 0) is 9.59 Å². The third-order valence-electron chi connectivity index (χ3n) is 4.16. The smallest absolute Gasteiger partial charge is 0.322 e. The Morgan fingerprint density at radius 3 is 2.77 bits per heavy atom. The first kappa shape index (κ1) is 19.9. The summed E-state index contributed by atoms with van der Waals surface area (Å²) in [6, 6.07) is 9.42. The number of benzene rings is 1. The summed E-state index contributed by atoms with van der Waals surface area (Å²) >= 11 is 0. The van der Waals surface area contributed by atoms with Gasteiger partial charge >= 0.3 is 5.97 Å². The summed E-state index contributed by atoms with van der Waals surface area (Å²) < 4.78 is 5.44. The van der Waals surface area contributed by atoms with E-state index >= 15 is 0 Å². The zero-order chi connectivity index (χ0) is 17.6. The molecule has 2 heterocycles. The molecule has 140 valence electrons. The van der Waals surface area contributed by atoms with Crippen molar-refractivity contribution in [2.75, 3.05) is 19.6 Å².